The number of hydrogen-bond donors (Lipinski definition) is 3. The van der Waals surface area contributed by atoms with Gasteiger partial charge in [0.25, 0.3) is 0 Å². The number of rotatable bonds is 5. The Labute approximate surface area is 161 Å². The predicted molar refractivity (Wildman–Crippen MR) is 105 cm³/mol. The molecule has 2 aromatic carbocycles. The Balaban J connectivity index is 0.00000243. The number of carboxylic acids is 1. The molecular weight excluding hydrogens is 375 g/mol. The smallest absolute Gasteiger partial charge is 0.337 e. The van der Waals surface area contributed by atoms with Gasteiger partial charge in [-0.3, -0.25) is 0 Å². The van der Waals surface area contributed by atoms with Crippen molar-refractivity contribution in [2.45, 2.75) is 6.92 Å². The van der Waals surface area contributed by atoms with Crippen LogP contribution in [0.3, 0.4) is 0 Å². The number of para-hydroxylation sites is 1. The zero-order valence-electron chi connectivity index (χ0n) is 13.7. The van der Waals surface area contributed by atoms with Gasteiger partial charge in [-0.2, -0.15) is 4.98 Å². The van der Waals surface area contributed by atoms with E-state index in [1.165, 1.54) is 0 Å². The molecule has 8 heteroatoms. The second-order valence-corrected chi connectivity index (χ2v) is 5.76. The Hall–Kier alpha value is -2.83. The van der Waals surface area contributed by atoms with Crippen molar-refractivity contribution in [3.8, 4) is 0 Å². The van der Waals surface area contributed by atoms with Gasteiger partial charge < -0.3 is 15.7 Å². The molecule has 0 bridgehead atoms. The molecule has 0 aliphatic carbocycles. The highest BCUT2D eigenvalue weighted by atomic mass is 35.5. The maximum atomic E-state index is 11.4. The summed E-state index contributed by atoms with van der Waals surface area (Å²) in [6, 6.07) is 14.1. The number of aromatic nitrogens is 2. The van der Waals surface area contributed by atoms with E-state index in [0.29, 0.717) is 16.5 Å². The summed E-state index contributed by atoms with van der Waals surface area (Å²) >= 11 is 6.13. The number of aromatic carboxylic acids is 1. The van der Waals surface area contributed by atoms with E-state index in [-0.39, 0.29) is 23.9 Å². The van der Waals surface area contributed by atoms with E-state index < -0.39 is 5.97 Å². The van der Waals surface area contributed by atoms with Crippen molar-refractivity contribution in [3.63, 3.8) is 0 Å². The summed E-state index contributed by atoms with van der Waals surface area (Å²) in [5.41, 5.74) is 2.16. The largest absolute Gasteiger partial charge is 0.478 e. The van der Waals surface area contributed by atoms with Crippen molar-refractivity contribution in [1.29, 1.82) is 0 Å². The van der Waals surface area contributed by atoms with Gasteiger partial charge in [0.1, 0.15) is 5.82 Å². The molecule has 134 valence electrons. The lowest BCUT2D eigenvalue weighted by molar-refractivity contribution is 0.0698. The minimum absolute atomic E-state index is 0. The third kappa shape index (κ3) is 4.62. The number of hydrogen-bond acceptors (Lipinski definition) is 5. The topological polar surface area (TPSA) is 87.1 Å². The fraction of sp³-hybridized carbons (Fsp3) is 0.0556. The number of carbonyl (C=O) groups is 1. The molecule has 6 nitrogen and oxygen atoms in total. The molecule has 0 amide bonds. The van der Waals surface area contributed by atoms with Gasteiger partial charge in [-0.15, -0.1) is 12.4 Å². The van der Waals surface area contributed by atoms with Crippen LogP contribution in [-0.2, 0) is 0 Å². The van der Waals surface area contributed by atoms with Gasteiger partial charge >= 0.3 is 5.97 Å². The highest BCUT2D eigenvalue weighted by Crippen LogP contribution is 2.25. The van der Waals surface area contributed by atoms with Crippen LogP contribution in [0, 0.1) is 6.92 Å². The van der Waals surface area contributed by atoms with Crippen LogP contribution in [0.4, 0.5) is 23.1 Å². The molecule has 0 saturated carbocycles. The standard InChI is InChI=1S/C18H15ClN4O2.ClH/c1-11-6-7-14(12(10-11)17(24)25)22-18-20-9-8-16(23-18)21-15-5-3-2-4-13(15)19;/h2-10H,1H3,(H,24,25)(H2,20,21,22,23);1H. The molecule has 0 atom stereocenters. The van der Waals surface area contributed by atoms with Gasteiger partial charge in [0.15, 0.2) is 0 Å². The number of halogens is 2. The van der Waals surface area contributed by atoms with Crippen molar-refractivity contribution in [3.05, 3.63) is 70.9 Å². The number of benzene rings is 2. The summed E-state index contributed by atoms with van der Waals surface area (Å²) in [4.78, 5) is 19.9. The van der Waals surface area contributed by atoms with Gasteiger partial charge in [-0.1, -0.05) is 35.4 Å². The monoisotopic (exact) mass is 390 g/mol. The van der Waals surface area contributed by atoms with E-state index >= 15 is 0 Å². The van der Waals surface area contributed by atoms with Gasteiger partial charge in [0.05, 0.1) is 22.0 Å². The first-order chi connectivity index (χ1) is 12.0. The molecule has 3 aromatic rings. The first-order valence-electron chi connectivity index (χ1n) is 7.48. The lowest BCUT2D eigenvalue weighted by Crippen LogP contribution is -2.06. The van der Waals surface area contributed by atoms with Crippen molar-refractivity contribution < 1.29 is 9.90 Å². The second kappa shape index (κ2) is 8.51. The van der Waals surface area contributed by atoms with Crippen LogP contribution >= 0.6 is 24.0 Å². The van der Waals surface area contributed by atoms with E-state index in [1.807, 2.05) is 31.2 Å². The van der Waals surface area contributed by atoms with Crippen LogP contribution in [0.5, 0.6) is 0 Å². The molecule has 26 heavy (non-hydrogen) atoms. The lowest BCUT2D eigenvalue weighted by atomic mass is 10.1. The van der Waals surface area contributed by atoms with E-state index in [4.69, 9.17) is 11.6 Å². The molecule has 0 aliphatic rings. The van der Waals surface area contributed by atoms with Crippen molar-refractivity contribution in [1.82, 2.24) is 9.97 Å². The zero-order chi connectivity index (χ0) is 17.8. The predicted octanol–water partition coefficient (Wildman–Crippen LogP) is 5.05. The highest BCUT2D eigenvalue weighted by molar-refractivity contribution is 6.33. The van der Waals surface area contributed by atoms with Crippen LogP contribution in [0.25, 0.3) is 0 Å². The molecule has 0 spiro atoms. The van der Waals surface area contributed by atoms with E-state index in [0.717, 1.165) is 11.3 Å². The fourth-order valence-electron chi connectivity index (χ4n) is 2.25. The van der Waals surface area contributed by atoms with Gasteiger partial charge in [-0.05, 0) is 37.3 Å². The molecule has 0 saturated heterocycles. The number of nitrogens with one attached hydrogen (secondary N) is 2. The van der Waals surface area contributed by atoms with Gasteiger partial charge in [-0.25, -0.2) is 9.78 Å². The number of anilines is 4. The third-order valence-corrected chi connectivity index (χ3v) is 3.77. The second-order valence-electron chi connectivity index (χ2n) is 5.35. The quantitative estimate of drug-likeness (QED) is 0.565. The summed E-state index contributed by atoms with van der Waals surface area (Å²) in [6.45, 7) is 1.83. The van der Waals surface area contributed by atoms with E-state index in [2.05, 4.69) is 20.6 Å². The normalized spacial score (nSPS) is 9.92. The molecular formula is C18H16Cl2N4O2. The Kier molecular flexibility index (Phi) is 6.38. The van der Waals surface area contributed by atoms with Crippen LogP contribution in [0.2, 0.25) is 5.02 Å². The average molecular weight is 391 g/mol. The number of aryl methyl sites for hydroxylation is 1. The summed E-state index contributed by atoms with van der Waals surface area (Å²) in [5.74, 6) is -0.199. The van der Waals surface area contributed by atoms with Crippen LogP contribution in [0.15, 0.2) is 54.7 Å². The molecule has 3 N–H and O–H groups in total. The van der Waals surface area contributed by atoms with Crippen LogP contribution < -0.4 is 10.6 Å². The molecule has 1 heterocycles. The van der Waals surface area contributed by atoms with Crippen molar-refractivity contribution in [2.24, 2.45) is 0 Å². The minimum Gasteiger partial charge on any atom is -0.478 e. The molecule has 0 aliphatic heterocycles. The number of nitrogens with zero attached hydrogens (tertiary/aromatic N) is 2. The Bertz CT molecular complexity index is 935. The van der Waals surface area contributed by atoms with Gasteiger partial charge in [0.2, 0.25) is 5.95 Å². The molecule has 0 fully saturated rings. The Morgan fingerprint density at radius 3 is 2.58 bits per heavy atom. The lowest BCUT2D eigenvalue weighted by Gasteiger charge is -2.11. The fourth-order valence-corrected chi connectivity index (χ4v) is 2.44. The maximum absolute atomic E-state index is 11.4. The molecule has 1 aromatic heterocycles. The first kappa shape index (κ1) is 19.5. The highest BCUT2D eigenvalue weighted by Gasteiger charge is 2.11. The molecule has 0 unspecified atom stereocenters. The SMILES string of the molecule is Cc1ccc(Nc2nccc(Nc3ccccc3Cl)n2)c(C(=O)O)c1.Cl. The molecule has 3 rings (SSSR count). The Morgan fingerprint density at radius 2 is 1.85 bits per heavy atom. The molecule has 0 radical (unpaired) electrons. The van der Waals surface area contributed by atoms with Crippen LogP contribution in [-0.4, -0.2) is 21.0 Å². The summed E-state index contributed by atoms with van der Waals surface area (Å²) in [6.07, 6.45) is 1.57. The summed E-state index contributed by atoms with van der Waals surface area (Å²) in [7, 11) is 0. The summed E-state index contributed by atoms with van der Waals surface area (Å²) < 4.78 is 0. The van der Waals surface area contributed by atoms with Crippen molar-refractivity contribution in [2.75, 3.05) is 10.6 Å². The number of carboxylic acid groups (broad SMARTS) is 1. The van der Waals surface area contributed by atoms with E-state index in [1.54, 1.807) is 30.5 Å². The zero-order valence-corrected chi connectivity index (χ0v) is 15.3. The van der Waals surface area contributed by atoms with Crippen LogP contribution in [0.1, 0.15) is 15.9 Å². The van der Waals surface area contributed by atoms with Gasteiger partial charge in [0, 0.05) is 6.20 Å². The Morgan fingerprint density at radius 1 is 1.08 bits per heavy atom. The minimum atomic E-state index is -1.02. The summed E-state index contributed by atoms with van der Waals surface area (Å²) in [5, 5.41) is 16.0. The third-order valence-electron chi connectivity index (χ3n) is 3.44. The van der Waals surface area contributed by atoms with E-state index in [9.17, 15) is 9.90 Å². The van der Waals surface area contributed by atoms with Crippen molar-refractivity contribution >= 4 is 53.1 Å². The maximum Gasteiger partial charge on any atom is 0.337 e. The average Bonchev–Trinajstić information content (AvgIpc) is 2.59. The first-order valence-corrected chi connectivity index (χ1v) is 7.86.